The number of carbonyl (C=O) groups is 1. The average Bonchev–Trinajstić information content (AvgIpc) is 2.69. The Hall–Kier alpha value is -3.38. The van der Waals surface area contributed by atoms with E-state index in [1.165, 1.54) is 37.6 Å². The standard InChI is InChI=1S/C21H16ClFN2O3/c1-27-19-8-6-15(12-17(19)22)25-21(26)9-5-14-4-7-20(18(23)11-14)28-16-3-2-10-24-13-16/h2-13H,1H3,(H,25,26)/b9-5+. The van der Waals surface area contributed by atoms with Crippen molar-refractivity contribution in [3.8, 4) is 17.2 Å². The molecule has 3 aromatic rings. The molecule has 0 aliphatic rings. The van der Waals surface area contributed by atoms with Gasteiger partial charge in [0.05, 0.1) is 18.3 Å². The number of rotatable bonds is 6. The van der Waals surface area contributed by atoms with E-state index in [9.17, 15) is 9.18 Å². The van der Waals surface area contributed by atoms with Gasteiger partial charge in [0, 0.05) is 18.0 Å². The summed E-state index contributed by atoms with van der Waals surface area (Å²) >= 11 is 6.02. The highest BCUT2D eigenvalue weighted by atomic mass is 35.5. The van der Waals surface area contributed by atoms with Crippen LogP contribution in [0.1, 0.15) is 5.56 Å². The van der Waals surface area contributed by atoms with Gasteiger partial charge in [0.15, 0.2) is 11.6 Å². The highest BCUT2D eigenvalue weighted by Gasteiger charge is 2.06. The molecule has 0 aliphatic carbocycles. The number of aromatic nitrogens is 1. The van der Waals surface area contributed by atoms with E-state index in [1.54, 1.807) is 42.6 Å². The SMILES string of the molecule is COc1ccc(NC(=O)/C=C/c2ccc(Oc3cccnc3)c(F)c2)cc1Cl. The van der Waals surface area contributed by atoms with Crippen LogP contribution in [0.5, 0.6) is 17.2 Å². The smallest absolute Gasteiger partial charge is 0.248 e. The van der Waals surface area contributed by atoms with E-state index in [0.717, 1.165) is 0 Å². The number of carbonyl (C=O) groups excluding carboxylic acids is 1. The first-order valence-electron chi connectivity index (χ1n) is 8.25. The molecule has 28 heavy (non-hydrogen) atoms. The van der Waals surface area contributed by atoms with Crippen molar-refractivity contribution < 1.29 is 18.7 Å². The molecule has 7 heteroatoms. The number of hydrogen-bond acceptors (Lipinski definition) is 4. The second-order valence-electron chi connectivity index (χ2n) is 5.65. The van der Waals surface area contributed by atoms with Crippen LogP contribution in [0.15, 0.2) is 67.0 Å². The third kappa shape index (κ3) is 5.08. The summed E-state index contributed by atoms with van der Waals surface area (Å²) in [6, 6.07) is 12.7. The van der Waals surface area contributed by atoms with E-state index in [4.69, 9.17) is 21.1 Å². The summed E-state index contributed by atoms with van der Waals surface area (Å²) < 4.78 is 24.7. The quantitative estimate of drug-likeness (QED) is 0.570. The Labute approximate surface area is 166 Å². The van der Waals surface area contributed by atoms with E-state index < -0.39 is 5.82 Å². The summed E-state index contributed by atoms with van der Waals surface area (Å²) in [5.41, 5.74) is 1.03. The van der Waals surface area contributed by atoms with Gasteiger partial charge >= 0.3 is 0 Å². The zero-order valence-electron chi connectivity index (χ0n) is 14.9. The summed E-state index contributed by atoms with van der Waals surface area (Å²) in [6.07, 6.45) is 5.89. The van der Waals surface area contributed by atoms with Gasteiger partial charge in [-0.1, -0.05) is 17.7 Å². The molecule has 0 fully saturated rings. The van der Waals surface area contributed by atoms with Crippen molar-refractivity contribution >= 4 is 29.3 Å². The molecule has 142 valence electrons. The van der Waals surface area contributed by atoms with Gasteiger partial charge in [-0.25, -0.2) is 4.39 Å². The minimum Gasteiger partial charge on any atom is -0.495 e. The van der Waals surface area contributed by atoms with E-state index in [2.05, 4.69) is 10.3 Å². The van der Waals surface area contributed by atoms with Gasteiger partial charge in [-0.2, -0.15) is 0 Å². The topological polar surface area (TPSA) is 60.5 Å². The molecule has 0 aliphatic heterocycles. The monoisotopic (exact) mass is 398 g/mol. The number of methoxy groups -OCH3 is 1. The predicted molar refractivity (Wildman–Crippen MR) is 106 cm³/mol. The van der Waals surface area contributed by atoms with Crippen LogP contribution >= 0.6 is 11.6 Å². The van der Waals surface area contributed by atoms with Crippen LogP contribution in [0, 0.1) is 5.82 Å². The number of nitrogens with zero attached hydrogens (tertiary/aromatic N) is 1. The van der Waals surface area contributed by atoms with Gasteiger partial charge < -0.3 is 14.8 Å². The minimum absolute atomic E-state index is 0.0717. The van der Waals surface area contributed by atoms with Crippen molar-refractivity contribution in [2.75, 3.05) is 12.4 Å². The Bertz CT molecular complexity index is 1010. The molecular weight excluding hydrogens is 383 g/mol. The molecule has 5 nitrogen and oxygen atoms in total. The first-order chi connectivity index (χ1) is 13.5. The molecule has 3 rings (SSSR count). The fourth-order valence-electron chi connectivity index (χ4n) is 2.34. The fraction of sp³-hybridized carbons (Fsp3) is 0.0476. The van der Waals surface area contributed by atoms with Gasteiger partial charge in [-0.3, -0.25) is 9.78 Å². The minimum atomic E-state index is -0.548. The summed E-state index contributed by atoms with van der Waals surface area (Å²) in [5, 5.41) is 3.06. The molecule has 0 radical (unpaired) electrons. The summed E-state index contributed by atoms with van der Waals surface area (Å²) in [4.78, 5) is 16.0. The zero-order chi connectivity index (χ0) is 19.9. The molecule has 0 unspecified atom stereocenters. The normalized spacial score (nSPS) is 10.7. The Kier molecular flexibility index (Phi) is 6.24. The Balaban J connectivity index is 1.64. The third-order valence-corrected chi connectivity index (χ3v) is 3.96. The first-order valence-corrected chi connectivity index (χ1v) is 8.63. The molecule has 0 spiro atoms. The lowest BCUT2D eigenvalue weighted by molar-refractivity contribution is -0.111. The van der Waals surface area contributed by atoms with Crippen molar-refractivity contribution in [1.29, 1.82) is 0 Å². The molecule has 0 atom stereocenters. The first kappa shape index (κ1) is 19.4. The van der Waals surface area contributed by atoms with Crippen molar-refractivity contribution in [3.63, 3.8) is 0 Å². The van der Waals surface area contributed by atoms with Gasteiger partial charge in [0.1, 0.15) is 11.5 Å². The Morgan fingerprint density at radius 3 is 2.68 bits per heavy atom. The number of pyridine rings is 1. The van der Waals surface area contributed by atoms with E-state index in [0.29, 0.717) is 27.8 Å². The lowest BCUT2D eigenvalue weighted by atomic mass is 10.2. The number of ether oxygens (including phenoxy) is 2. The second kappa shape index (κ2) is 9.01. The van der Waals surface area contributed by atoms with Crippen LogP contribution in [0.4, 0.5) is 10.1 Å². The maximum Gasteiger partial charge on any atom is 0.248 e. The molecule has 1 amide bonds. The Morgan fingerprint density at radius 1 is 1.18 bits per heavy atom. The number of benzene rings is 2. The third-order valence-electron chi connectivity index (χ3n) is 3.66. The van der Waals surface area contributed by atoms with Crippen LogP contribution in [0.25, 0.3) is 6.08 Å². The van der Waals surface area contributed by atoms with Gasteiger partial charge in [0.2, 0.25) is 5.91 Å². The van der Waals surface area contributed by atoms with Crippen LogP contribution < -0.4 is 14.8 Å². The van der Waals surface area contributed by atoms with E-state index >= 15 is 0 Å². The highest BCUT2D eigenvalue weighted by Crippen LogP contribution is 2.27. The molecule has 1 heterocycles. The van der Waals surface area contributed by atoms with Crippen LogP contribution in [-0.4, -0.2) is 18.0 Å². The van der Waals surface area contributed by atoms with Crippen molar-refractivity contribution in [2.45, 2.75) is 0 Å². The van der Waals surface area contributed by atoms with Gasteiger partial charge in [-0.05, 0) is 54.1 Å². The zero-order valence-corrected chi connectivity index (χ0v) is 15.6. The molecule has 0 saturated carbocycles. The molecule has 0 bridgehead atoms. The highest BCUT2D eigenvalue weighted by molar-refractivity contribution is 6.32. The van der Waals surface area contributed by atoms with Crippen LogP contribution in [-0.2, 0) is 4.79 Å². The number of nitrogens with one attached hydrogen (secondary N) is 1. The maximum atomic E-state index is 14.2. The van der Waals surface area contributed by atoms with Crippen LogP contribution in [0.3, 0.4) is 0 Å². The average molecular weight is 399 g/mol. The summed E-state index contributed by atoms with van der Waals surface area (Å²) in [7, 11) is 1.51. The number of amides is 1. The summed E-state index contributed by atoms with van der Waals surface area (Å²) in [5.74, 6) is 0.0923. The maximum absolute atomic E-state index is 14.2. The fourth-order valence-corrected chi connectivity index (χ4v) is 2.60. The predicted octanol–water partition coefficient (Wildman–Crippen LogP) is 5.33. The summed E-state index contributed by atoms with van der Waals surface area (Å²) in [6.45, 7) is 0. The lowest BCUT2D eigenvalue weighted by Crippen LogP contribution is -2.07. The van der Waals surface area contributed by atoms with Crippen molar-refractivity contribution in [1.82, 2.24) is 4.98 Å². The van der Waals surface area contributed by atoms with Crippen molar-refractivity contribution in [3.05, 3.63) is 83.4 Å². The van der Waals surface area contributed by atoms with Gasteiger partial charge in [0.25, 0.3) is 0 Å². The number of halogens is 2. The molecular formula is C21H16ClFN2O3. The number of anilines is 1. The van der Waals surface area contributed by atoms with E-state index in [1.807, 2.05) is 0 Å². The lowest BCUT2D eigenvalue weighted by Gasteiger charge is -2.07. The largest absolute Gasteiger partial charge is 0.495 e. The number of hydrogen-bond donors (Lipinski definition) is 1. The molecule has 2 aromatic carbocycles. The van der Waals surface area contributed by atoms with Crippen LogP contribution in [0.2, 0.25) is 5.02 Å². The second-order valence-corrected chi connectivity index (χ2v) is 6.06. The molecule has 1 N–H and O–H groups in total. The molecule has 0 saturated heterocycles. The van der Waals surface area contributed by atoms with Gasteiger partial charge in [-0.15, -0.1) is 0 Å². The van der Waals surface area contributed by atoms with E-state index in [-0.39, 0.29) is 11.7 Å². The molecule has 1 aromatic heterocycles. The van der Waals surface area contributed by atoms with Crippen molar-refractivity contribution in [2.24, 2.45) is 0 Å². The Morgan fingerprint density at radius 2 is 2.00 bits per heavy atom.